The molecular formula is C12H20N2O3. The van der Waals surface area contributed by atoms with Gasteiger partial charge in [0, 0.05) is 32.3 Å². The van der Waals surface area contributed by atoms with E-state index in [0.717, 1.165) is 13.1 Å². The first-order valence-corrected chi connectivity index (χ1v) is 5.82. The Kier molecular flexibility index (Phi) is 5.15. The fourth-order valence-corrected chi connectivity index (χ4v) is 1.71. The maximum Gasteiger partial charge on any atom is 0.333 e. The Morgan fingerprint density at radius 3 is 2.71 bits per heavy atom. The van der Waals surface area contributed by atoms with Gasteiger partial charge in [0.25, 0.3) is 0 Å². The van der Waals surface area contributed by atoms with E-state index in [1.807, 2.05) is 17.9 Å². The molecule has 17 heavy (non-hydrogen) atoms. The van der Waals surface area contributed by atoms with Gasteiger partial charge in [-0.05, 0) is 6.42 Å². The van der Waals surface area contributed by atoms with Crippen molar-refractivity contribution in [3.63, 3.8) is 0 Å². The molecule has 0 unspecified atom stereocenters. The summed E-state index contributed by atoms with van der Waals surface area (Å²) < 4.78 is 4.68. The summed E-state index contributed by atoms with van der Waals surface area (Å²) in [6.45, 7) is 4.55. The molecule has 0 bridgehead atoms. The quantitative estimate of drug-likeness (QED) is 0.523. The summed E-state index contributed by atoms with van der Waals surface area (Å²) in [4.78, 5) is 26.6. The molecule has 0 saturated carbocycles. The summed E-state index contributed by atoms with van der Waals surface area (Å²) in [6, 6.07) is 0. The van der Waals surface area contributed by atoms with Crippen LogP contribution in [0, 0.1) is 0 Å². The molecule has 0 atom stereocenters. The fraction of sp³-hybridized carbons (Fsp3) is 0.667. The highest BCUT2D eigenvalue weighted by Gasteiger charge is 2.20. The highest BCUT2D eigenvalue weighted by molar-refractivity contribution is 5.88. The first-order valence-electron chi connectivity index (χ1n) is 5.82. The minimum absolute atomic E-state index is 0.126. The number of carbonyl (C=O) groups is 2. The molecule has 96 valence electrons. The van der Waals surface area contributed by atoms with E-state index in [1.54, 1.807) is 11.9 Å². The maximum atomic E-state index is 11.5. The minimum Gasteiger partial charge on any atom is -0.466 e. The van der Waals surface area contributed by atoms with E-state index in [-0.39, 0.29) is 11.9 Å². The van der Waals surface area contributed by atoms with Crippen LogP contribution in [-0.4, -0.2) is 62.0 Å². The Labute approximate surface area is 102 Å². The Bertz CT molecular complexity index is 326. The lowest BCUT2D eigenvalue weighted by Crippen LogP contribution is -2.48. The van der Waals surface area contributed by atoms with E-state index >= 15 is 0 Å². The highest BCUT2D eigenvalue weighted by Crippen LogP contribution is 2.06. The molecule has 5 heteroatoms. The maximum absolute atomic E-state index is 11.5. The van der Waals surface area contributed by atoms with Crippen LogP contribution in [0.1, 0.15) is 13.3 Å². The van der Waals surface area contributed by atoms with Crippen molar-refractivity contribution >= 4 is 11.9 Å². The summed E-state index contributed by atoms with van der Waals surface area (Å²) in [5.74, 6) is -0.159. The molecule has 1 saturated heterocycles. The molecule has 1 amide bonds. The fourth-order valence-electron chi connectivity index (χ4n) is 1.71. The van der Waals surface area contributed by atoms with Crippen LogP contribution in [0.2, 0.25) is 0 Å². The summed E-state index contributed by atoms with van der Waals surface area (Å²) in [5, 5.41) is 0. The van der Waals surface area contributed by atoms with Gasteiger partial charge in [0.05, 0.1) is 13.7 Å². The zero-order valence-electron chi connectivity index (χ0n) is 10.7. The van der Waals surface area contributed by atoms with E-state index in [1.165, 1.54) is 7.11 Å². The molecule has 1 aliphatic rings. The molecule has 0 aromatic heterocycles. The number of piperazine rings is 1. The van der Waals surface area contributed by atoms with Crippen LogP contribution in [0.15, 0.2) is 11.6 Å². The second kappa shape index (κ2) is 6.39. The standard InChI is InChI=1S/C12H20N2O3/c1-4-10(12(16)17-3)5-6-14-8-7-13(2)11(15)9-14/h5H,4,6-9H2,1-3H3. The van der Waals surface area contributed by atoms with E-state index in [0.29, 0.717) is 25.1 Å². The number of nitrogens with zero attached hydrogens (tertiary/aromatic N) is 2. The van der Waals surface area contributed by atoms with Gasteiger partial charge in [-0.15, -0.1) is 0 Å². The first-order chi connectivity index (χ1) is 8.08. The van der Waals surface area contributed by atoms with Gasteiger partial charge >= 0.3 is 5.97 Å². The number of esters is 1. The van der Waals surface area contributed by atoms with E-state index < -0.39 is 0 Å². The summed E-state index contributed by atoms with van der Waals surface area (Å²) >= 11 is 0. The van der Waals surface area contributed by atoms with Gasteiger partial charge in [-0.2, -0.15) is 0 Å². The first kappa shape index (κ1) is 13.7. The van der Waals surface area contributed by atoms with Gasteiger partial charge in [0.15, 0.2) is 0 Å². The highest BCUT2D eigenvalue weighted by atomic mass is 16.5. The number of ether oxygens (including phenoxy) is 1. The Morgan fingerprint density at radius 2 is 2.18 bits per heavy atom. The van der Waals surface area contributed by atoms with Crippen molar-refractivity contribution in [2.45, 2.75) is 13.3 Å². The Balaban J connectivity index is 2.51. The van der Waals surface area contributed by atoms with Crippen LogP contribution in [0.4, 0.5) is 0 Å². The molecule has 0 aliphatic carbocycles. The normalized spacial score (nSPS) is 18.4. The van der Waals surface area contributed by atoms with Crippen LogP contribution in [0.3, 0.4) is 0 Å². The van der Waals surface area contributed by atoms with Gasteiger partial charge < -0.3 is 9.64 Å². The number of methoxy groups -OCH3 is 1. The minimum atomic E-state index is -0.284. The van der Waals surface area contributed by atoms with Gasteiger partial charge in [-0.25, -0.2) is 4.79 Å². The Hall–Kier alpha value is -1.36. The molecule has 0 N–H and O–H groups in total. The van der Waals surface area contributed by atoms with Crippen molar-refractivity contribution in [2.75, 3.05) is 40.3 Å². The molecule has 5 nitrogen and oxygen atoms in total. The van der Waals surface area contributed by atoms with Gasteiger partial charge in [0.2, 0.25) is 5.91 Å². The number of amides is 1. The largest absolute Gasteiger partial charge is 0.466 e. The van der Waals surface area contributed by atoms with Gasteiger partial charge in [0.1, 0.15) is 0 Å². The molecule has 1 heterocycles. The van der Waals surface area contributed by atoms with Crippen LogP contribution < -0.4 is 0 Å². The second-order valence-corrected chi connectivity index (χ2v) is 4.12. The third-order valence-corrected chi connectivity index (χ3v) is 2.96. The molecule has 1 fully saturated rings. The van der Waals surface area contributed by atoms with Crippen LogP contribution in [-0.2, 0) is 14.3 Å². The average molecular weight is 240 g/mol. The number of likely N-dealkylation sites (N-methyl/N-ethyl adjacent to an activating group) is 1. The van der Waals surface area contributed by atoms with Crippen molar-refractivity contribution in [3.8, 4) is 0 Å². The van der Waals surface area contributed by atoms with Crippen LogP contribution >= 0.6 is 0 Å². The molecule has 0 radical (unpaired) electrons. The lowest BCUT2D eigenvalue weighted by molar-refractivity contribution is -0.136. The lowest BCUT2D eigenvalue weighted by Gasteiger charge is -2.31. The third-order valence-electron chi connectivity index (χ3n) is 2.96. The zero-order chi connectivity index (χ0) is 12.8. The molecule has 1 rings (SSSR count). The summed E-state index contributed by atoms with van der Waals surface area (Å²) in [6.07, 6.45) is 2.50. The smallest absolute Gasteiger partial charge is 0.333 e. The Morgan fingerprint density at radius 1 is 1.47 bits per heavy atom. The lowest BCUT2D eigenvalue weighted by atomic mass is 10.2. The number of hydrogen-bond donors (Lipinski definition) is 0. The molecular weight excluding hydrogens is 220 g/mol. The molecule has 0 spiro atoms. The summed E-state index contributed by atoms with van der Waals surface area (Å²) in [5.41, 5.74) is 0.666. The van der Waals surface area contributed by atoms with Crippen molar-refractivity contribution in [1.29, 1.82) is 0 Å². The van der Waals surface area contributed by atoms with E-state index in [9.17, 15) is 9.59 Å². The van der Waals surface area contributed by atoms with Crippen molar-refractivity contribution < 1.29 is 14.3 Å². The summed E-state index contributed by atoms with van der Waals surface area (Å²) in [7, 11) is 3.19. The molecule has 0 aromatic carbocycles. The SMILES string of the molecule is CCC(=CCN1CCN(C)C(=O)C1)C(=O)OC. The predicted octanol–water partition coefficient (Wildman–Crippen LogP) is 0.270. The molecule has 1 aliphatic heterocycles. The second-order valence-electron chi connectivity index (χ2n) is 4.12. The number of hydrogen-bond acceptors (Lipinski definition) is 4. The third kappa shape index (κ3) is 3.85. The monoisotopic (exact) mass is 240 g/mol. The van der Waals surface area contributed by atoms with Gasteiger partial charge in [-0.3, -0.25) is 9.69 Å². The topological polar surface area (TPSA) is 49.9 Å². The van der Waals surface area contributed by atoms with Crippen molar-refractivity contribution in [2.24, 2.45) is 0 Å². The van der Waals surface area contributed by atoms with Crippen molar-refractivity contribution in [1.82, 2.24) is 9.80 Å². The van der Waals surface area contributed by atoms with E-state index in [4.69, 9.17) is 0 Å². The zero-order valence-corrected chi connectivity index (χ0v) is 10.7. The van der Waals surface area contributed by atoms with Crippen LogP contribution in [0.25, 0.3) is 0 Å². The van der Waals surface area contributed by atoms with Gasteiger partial charge in [-0.1, -0.05) is 13.0 Å². The predicted molar refractivity (Wildman–Crippen MR) is 64.5 cm³/mol. The van der Waals surface area contributed by atoms with Crippen LogP contribution in [0.5, 0.6) is 0 Å². The number of carbonyl (C=O) groups excluding carboxylic acids is 2. The van der Waals surface area contributed by atoms with Crippen molar-refractivity contribution in [3.05, 3.63) is 11.6 Å². The van der Waals surface area contributed by atoms with E-state index in [2.05, 4.69) is 4.74 Å². The number of rotatable bonds is 4. The average Bonchev–Trinajstić information content (AvgIpc) is 2.33. The molecule has 0 aromatic rings.